The summed E-state index contributed by atoms with van der Waals surface area (Å²) in [5.41, 5.74) is 3.90. The van der Waals surface area contributed by atoms with Gasteiger partial charge in [-0.15, -0.1) is 0 Å². The SMILES string of the molecule is O=S(=O)([O-])Oc1ccc(Cc2nc3c(Cc4ccccc4)nc(-c4ccc(OS(=O)(=O)[O-])cc4)cn3c2O)cc1.[Na+].[Na+]. The van der Waals surface area contributed by atoms with E-state index in [2.05, 4.69) is 13.4 Å². The Bertz CT molecular complexity index is 1900. The Kier molecular flexibility index (Phi) is 11.2. The first-order valence-electron chi connectivity index (χ1n) is 11.6. The second-order valence-electron chi connectivity index (χ2n) is 8.64. The van der Waals surface area contributed by atoms with E-state index in [4.69, 9.17) is 4.98 Å². The molecule has 1 N–H and O–H groups in total. The number of hydrogen-bond acceptors (Lipinski definition) is 11. The third-order valence-corrected chi connectivity index (χ3v) is 6.57. The Hall–Kier alpha value is -2.50. The number of nitrogens with zero attached hydrogens (tertiary/aromatic N) is 3. The first-order chi connectivity index (χ1) is 18.9. The zero-order valence-electron chi connectivity index (χ0n) is 22.4. The maximum absolute atomic E-state index is 11.1. The average Bonchev–Trinajstić information content (AvgIpc) is 3.20. The van der Waals surface area contributed by atoms with Gasteiger partial charge in [0.25, 0.3) is 20.8 Å². The Balaban J connectivity index is 0.00000242. The second-order valence-corrected chi connectivity index (χ2v) is 10.6. The summed E-state index contributed by atoms with van der Waals surface area (Å²) in [6.07, 6.45) is 2.14. The molecular formula is C26H19N3Na2O9S2. The molecule has 0 saturated heterocycles. The van der Waals surface area contributed by atoms with Gasteiger partial charge in [0.05, 0.1) is 11.4 Å². The molecule has 0 amide bonds. The summed E-state index contributed by atoms with van der Waals surface area (Å²) in [6, 6.07) is 20.9. The zero-order valence-corrected chi connectivity index (χ0v) is 28.0. The van der Waals surface area contributed by atoms with Crippen molar-refractivity contribution in [1.82, 2.24) is 14.4 Å². The van der Waals surface area contributed by atoms with Crippen LogP contribution in [0.5, 0.6) is 17.4 Å². The van der Waals surface area contributed by atoms with Crippen molar-refractivity contribution in [2.75, 3.05) is 0 Å². The quantitative estimate of drug-likeness (QED) is 0.0997. The van der Waals surface area contributed by atoms with Crippen molar-refractivity contribution >= 4 is 26.4 Å². The Morgan fingerprint density at radius 2 is 1.19 bits per heavy atom. The zero-order chi connectivity index (χ0) is 28.5. The van der Waals surface area contributed by atoms with E-state index < -0.39 is 20.8 Å². The topological polar surface area (TPSA) is 183 Å². The van der Waals surface area contributed by atoms with Gasteiger partial charge in [-0.25, -0.2) is 26.8 Å². The Labute approximate surface area is 285 Å². The van der Waals surface area contributed by atoms with Crippen LogP contribution in [0.1, 0.15) is 22.5 Å². The molecule has 0 radical (unpaired) electrons. The fourth-order valence-electron chi connectivity index (χ4n) is 4.08. The molecule has 0 aliphatic heterocycles. The van der Waals surface area contributed by atoms with Crippen molar-refractivity contribution < 1.29 is 98.5 Å². The molecule has 0 saturated carbocycles. The van der Waals surface area contributed by atoms with Crippen LogP contribution >= 0.6 is 0 Å². The first kappa shape index (κ1) is 34.0. The van der Waals surface area contributed by atoms with E-state index in [1.807, 2.05) is 30.3 Å². The molecule has 206 valence electrons. The minimum Gasteiger partial charge on any atom is -0.716 e. The van der Waals surface area contributed by atoms with Crippen LogP contribution in [-0.4, -0.2) is 45.4 Å². The van der Waals surface area contributed by atoms with Crippen LogP contribution in [0.4, 0.5) is 0 Å². The first-order valence-corrected chi connectivity index (χ1v) is 14.2. The van der Waals surface area contributed by atoms with E-state index in [1.165, 1.54) is 40.8 Å². The molecule has 5 aromatic rings. The summed E-state index contributed by atoms with van der Waals surface area (Å²) >= 11 is 0. The average molecular weight is 628 g/mol. The van der Waals surface area contributed by atoms with Crippen molar-refractivity contribution in [3.8, 4) is 28.6 Å². The van der Waals surface area contributed by atoms with Crippen LogP contribution < -0.4 is 67.5 Å². The molecule has 2 heterocycles. The molecule has 0 fully saturated rings. The largest absolute Gasteiger partial charge is 1.00 e. The van der Waals surface area contributed by atoms with E-state index in [-0.39, 0.29) is 82.9 Å². The predicted octanol–water partition coefficient (Wildman–Crippen LogP) is -3.03. The number of rotatable bonds is 9. The van der Waals surface area contributed by atoms with Crippen LogP contribution in [-0.2, 0) is 33.6 Å². The second kappa shape index (κ2) is 13.9. The molecule has 0 bridgehead atoms. The summed E-state index contributed by atoms with van der Waals surface area (Å²) in [4.78, 5) is 9.39. The third-order valence-electron chi connectivity index (χ3n) is 5.78. The fourth-order valence-corrected chi connectivity index (χ4v) is 4.78. The monoisotopic (exact) mass is 627 g/mol. The van der Waals surface area contributed by atoms with Crippen LogP contribution in [0.3, 0.4) is 0 Å². The van der Waals surface area contributed by atoms with E-state index in [0.717, 1.165) is 5.56 Å². The van der Waals surface area contributed by atoms with Crippen molar-refractivity contribution in [3.63, 3.8) is 0 Å². The van der Waals surface area contributed by atoms with Gasteiger partial charge in [0, 0.05) is 24.6 Å². The van der Waals surface area contributed by atoms with Crippen LogP contribution in [0.25, 0.3) is 16.9 Å². The van der Waals surface area contributed by atoms with Gasteiger partial charge >= 0.3 is 59.1 Å². The summed E-state index contributed by atoms with van der Waals surface area (Å²) < 4.78 is 75.3. The van der Waals surface area contributed by atoms with Crippen LogP contribution in [0, 0.1) is 0 Å². The molecule has 3 aromatic carbocycles. The van der Waals surface area contributed by atoms with Crippen molar-refractivity contribution in [2.24, 2.45) is 0 Å². The minimum atomic E-state index is -4.92. The molecule has 0 atom stereocenters. The minimum absolute atomic E-state index is 0. The maximum Gasteiger partial charge on any atom is 1.00 e. The summed E-state index contributed by atoms with van der Waals surface area (Å²) in [5.74, 6) is -0.435. The normalized spacial score (nSPS) is 11.4. The van der Waals surface area contributed by atoms with Gasteiger partial charge in [-0.3, -0.25) is 4.40 Å². The van der Waals surface area contributed by atoms with E-state index in [0.29, 0.717) is 40.3 Å². The van der Waals surface area contributed by atoms with Crippen molar-refractivity contribution in [1.29, 1.82) is 0 Å². The van der Waals surface area contributed by atoms with Gasteiger partial charge in [-0.05, 0) is 47.5 Å². The Morgan fingerprint density at radius 3 is 1.74 bits per heavy atom. The molecule has 16 heteroatoms. The number of fused-ring (bicyclic) bond motifs is 1. The smallest absolute Gasteiger partial charge is 0.716 e. The molecule has 0 aliphatic carbocycles. The van der Waals surface area contributed by atoms with Crippen LogP contribution in [0.2, 0.25) is 0 Å². The van der Waals surface area contributed by atoms with E-state index in [1.54, 1.807) is 18.3 Å². The molecule has 5 rings (SSSR count). The van der Waals surface area contributed by atoms with Gasteiger partial charge in [0.1, 0.15) is 17.2 Å². The summed E-state index contributed by atoms with van der Waals surface area (Å²) in [5, 5.41) is 11.1. The molecule has 0 aliphatic rings. The van der Waals surface area contributed by atoms with E-state index >= 15 is 0 Å². The van der Waals surface area contributed by atoms with Gasteiger partial charge in [0.2, 0.25) is 5.88 Å². The molecule has 42 heavy (non-hydrogen) atoms. The number of aromatic nitrogens is 3. The molecule has 0 unspecified atom stereocenters. The van der Waals surface area contributed by atoms with Gasteiger partial charge in [-0.2, -0.15) is 0 Å². The Morgan fingerprint density at radius 1 is 0.690 bits per heavy atom. The standard InChI is InChI=1S/C26H21N3O9S2.2Na/c30-26-23(15-18-6-10-20(11-7-18)37-39(31,32)33)28-25-22(14-17-4-2-1-3-5-17)27-24(16-29(25)26)19-8-12-21(13-9-19)38-40(34,35)36;;/h1-13,16,30H,14-15H2,(H,31,32,33)(H,34,35,36);;/q;2*+1/p-2. The van der Waals surface area contributed by atoms with E-state index in [9.17, 15) is 31.0 Å². The number of hydrogen-bond donors (Lipinski definition) is 1. The predicted molar refractivity (Wildman–Crippen MR) is 139 cm³/mol. The van der Waals surface area contributed by atoms with Crippen LogP contribution in [0.15, 0.2) is 85.1 Å². The molecule has 2 aromatic heterocycles. The number of aromatic hydroxyl groups is 1. The van der Waals surface area contributed by atoms with Gasteiger partial charge in [-0.1, -0.05) is 42.5 Å². The van der Waals surface area contributed by atoms with Crippen molar-refractivity contribution in [3.05, 3.63) is 108 Å². The summed E-state index contributed by atoms with van der Waals surface area (Å²) in [7, 11) is -9.82. The van der Waals surface area contributed by atoms with Gasteiger partial charge < -0.3 is 22.6 Å². The van der Waals surface area contributed by atoms with Gasteiger partial charge in [0.15, 0.2) is 5.65 Å². The third kappa shape index (κ3) is 8.76. The number of imidazole rings is 1. The molecule has 12 nitrogen and oxygen atoms in total. The van der Waals surface area contributed by atoms with Crippen molar-refractivity contribution in [2.45, 2.75) is 12.8 Å². The molecule has 0 spiro atoms. The summed E-state index contributed by atoms with van der Waals surface area (Å²) in [6.45, 7) is 0. The maximum atomic E-state index is 11.1. The fraction of sp³-hybridized carbons (Fsp3) is 0.0769. The molecular weight excluding hydrogens is 608 g/mol. The number of benzene rings is 3.